The molecule has 39 heavy (non-hydrogen) atoms. The van der Waals surface area contributed by atoms with Crippen molar-refractivity contribution in [2.45, 2.75) is 50.8 Å². The summed E-state index contributed by atoms with van der Waals surface area (Å²) in [5, 5.41) is 6.92. The van der Waals surface area contributed by atoms with Crippen LogP contribution in [0.2, 0.25) is 0 Å². The van der Waals surface area contributed by atoms with E-state index < -0.39 is 17.9 Å². The highest BCUT2D eigenvalue weighted by atomic mass is 16.5. The molecule has 3 unspecified atom stereocenters. The third kappa shape index (κ3) is 6.55. The molecule has 5 rings (SSSR count). The molecule has 1 heterocycles. The lowest BCUT2D eigenvalue weighted by Gasteiger charge is -2.32. The number of benzene rings is 3. The summed E-state index contributed by atoms with van der Waals surface area (Å²) in [5.41, 5.74) is 3.25. The van der Waals surface area contributed by atoms with Crippen LogP contribution in [0.5, 0.6) is 0 Å². The largest absolute Gasteiger partial charge is 0.459 e. The molecule has 0 radical (unpaired) electrons. The summed E-state index contributed by atoms with van der Waals surface area (Å²) >= 11 is 0. The van der Waals surface area contributed by atoms with E-state index in [0.29, 0.717) is 24.8 Å². The number of carbonyl (C=O) groups is 3. The molecule has 2 amide bonds. The predicted octanol–water partition coefficient (Wildman–Crippen LogP) is 4.93. The van der Waals surface area contributed by atoms with Gasteiger partial charge in [0.25, 0.3) is 5.91 Å². The molecule has 1 aliphatic carbocycles. The van der Waals surface area contributed by atoms with Crippen molar-refractivity contribution in [1.82, 2.24) is 15.6 Å². The fraction of sp³-hybridized carbons (Fsp3) is 0.281. The van der Waals surface area contributed by atoms with Crippen LogP contribution in [0.15, 0.2) is 91.1 Å². The number of fused-ring (bicyclic) bond motifs is 1. The van der Waals surface area contributed by atoms with Gasteiger partial charge in [-0.05, 0) is 30.0 Å². The molecule has 200 valence electrons. The van der Waals surface area contributed by atoms with Gasteiger partial charge in [0, 0.05) is 29.6 Å². The number of carbonyl (C=O) groups excluding carboxylic acids is 3. The zero-order chi connectivity index (χ0) is 27.0. The van der Waals surface area contributed by atoms with Crippen molar-refractivity contribution in [3.05, 3.63) is 108 Å². The van der Waals surface area contributed by atoms with Gasteiger partial charge in [-0.1, -0.05) is 91.7 Å². The Bertz CT molecular complexity index is 1420. The van der Waals surface area contributed by atoms with Gasteiger partial charge < -0.3 is 20.4 Å². The third-order valence-corrected chi connectivity index (χ3v) is 7.36. The van der Waals surface area contributed by atoms with Gasteiger partial charge in [-0.15, -0.1) is 0 Å². The maximum Gasteiger partial charge on any atom is 0.329 e. The lowest BCUT2D eigenvalue weighted by molar-refractivity contribution is -0.149. The number of hydrogen-bond acceptors (Lipinski definition) is 4. The molecule has 1 saturated carbocycles. The summed E-state index contributed by atoms with van der Waals surface area (Å²) in [6.07, 6.45) is 5.18. The van der Waals surface area contributed by atoms with Crippen LogP contribution in [0.1, 0.15) is 47.2 Å². The molecule has 0 spiro atoms. The number of esters is 1. The molecule has 7 heteroatoms. The highest BCUT2D eigenvalue weighted by Crippen LogP contribution is 2.26. The van der Waals surface area contributed by atoms with Gasteiger partial charge in [0.2, 0.25) is 5.91 Å². The van der Waals surface area contributed by atoms with Gasteiger partial charge >= 0.3 is 5.97 Å². The minimum Gasteiger partial charge on any atom is -0.459 e. The van der Waals surface area contributed by atoms with Crippen LogP contribution in [0.3, 0.4) is 0 Å². The molecular formula is C32H33N3O4. The molecule has 0 saturated heterocycles. The number of nitrogens with one attached hydrogen (secondary N) is 3. The Morgan fingerprint density at radius 2 is 1.51 bits per heavy atom. The number of amides is 2. The summed E-state index contributed by atoms with van der Waals surface area (Å²) in [6, 6.07) is 25.5. The minimum atomic E-state index is -0.837. The number of rotatable bonds is 9. The maximum atomic E-state index is 13.6. The average Bonchev–Trinajstić information content (AvgIpc) is 3.41. The summed E-state index contributed by atoms with van der Waals surface area (Å²) in [4.78, 5) is 43.1. The van der Waals surface area contributed by atoms with Crippen molar-refractivity contribution in [1.29, 1.82) is 0 Å². The summed E-state index contributed by atoms with van der Waals surface area (Å²) in [7, 11) is 0. The van der Waals surface area contributed by atoms with Crippen LogP contribution >= 0.6 is 0 Å². The number of hydrogen-bond donors (Lipinski definition) is 3. The van der Waals surface area contributed by atoms with Crippen LogP contribution in [0.25, 0.3) is 10.9 Å². The molecule has 1 aliphatic rings. The highest BCUT2D eigenvalue weighted by Gasteiger charge is 2.35. The Morgan fingerprint density at radius 1 is 0.846 bits per heavy atom. The average molecular weight is 524 g/mol. The first kappa shape index (κ1) is 26.2. The van der Waals surface area contributed by atoms with Crippen molar-refractivity contribution in [2.24, 2.45) is 5.92 Å². The highest BCUT2D eigenvalue weighted by molar-refractivity contribution is 6.07. The third-order valence-electron chi connectivity index (χ3n) is 7.36. The monoisotopic (exact) mass is 523 g/mol. The maximum absolute atomic E-state index is 13.6. The number of aromatic nitrogens is 1. The van der Waals surface area contributed by atoms with E-state index in [1.54, 1.807) is 6.20 Å². The predicted molar refractivity (Wildman–Crippen MR) is 150 cm³/mol. The number of ether oxygens (including phenoxy) is 1. The molecule has 1 aromatic heterocycles. The molecule has 4 aromatic rings. The molecular weight excluding hydrogens is 490 g/mol. The second kappa shape index (κ2) is 12.4. The summed E-state index contributed by atoms with van der Waals surface area (Å²) in [5.74, 6) is -1.36. The van der Waals surface area contributed by atoms with E-state index in [1.807, 2.05) is 84.9 Å². The quantitative estimate of drug-likeness (QED) is 0.271. The van der Waals surface area contributed by atoms with E-state index in [2.05, 4.69) is 15.6 Å². The fourth-order valence-electron chi connectivity index (χ4n) is 5.27. The Balaban J connectivity index is 1.28. The lowest BCUT2D eigenvalue weighted by atomic mass is 9.83. The fourth-order valence-corrected chi connectivity index (χ4v) is 5.27. The number of aromatic amines is 1. The molecule has 0 bridgehead atoms. The topological polar surface area (TPSA) is 100 Å². The van der Waals surface area contributed by atoms with Crippen molar-refractivity contribution in [3.8, 4) is 0 Å². The second-order valence-corrected chi connectivity index (χ2v) is 10.1. The Morgan fingerprint density at radius 3 is 2.28 bits per heavy atom. The van der Waals surface area contributed by atoms with Crippen LogP contribution in [-0.2, 0) is 27.4 Å². The molecule has 3 N–H and O–H groups in total. The van der Waals surface area contributed by atoms with E-state index >= 15 is 0 Å². The van der Waals surface area contributed by atoms with Gasteiger partial charge in [0.1, 0.15) is 12.6 Å². The molecule has 0 aliphatic heterocycles. The Kier molecular flexibility index (Phi) is 8.36. The van der Waals surface area contributed by atoms with Crippen molar-refractivity contribution >= 4 is 28.7 Å². The van der Waals surface area contributed by atoms with Gasteiger partial charge in [-0.25, -0.2) is 4.79 Å². The molecule has 3 aromatic carbocycles. The summed E-state index contributed by atoms with van der Waals surface area (Å²) in [6.45, 7) is 0.133. The van der Waals surface area contributed by atoms with Gasteiger partial charge in [0.15, 0.2) is 0 Å². The smallest absolute Gasteiger partial charge is 0.329 e. The van der Waals surface area contributed by atoms with Crippen LogP contribution < -0.4 is 10.6 Å². The Hall–Kier alpha value is -4.39. The standard InChI is InChI=1S/C32H33N3O4/c36-30(25-16-8-10-18-28(25)34-31(37)26-20-33-27-17-9-7-15-24(26)27)35-29(19-22-11-3-1-4-12-22)32(38)39-21-23-13-5-2-6-14-23/h1-7,9,11-15,17,20,25,28-29,33H,8,10,16,18-19,21H2,(H,34,37)(H,35,36). The van der Waals surface area contributed by atoms with Crippen molar-refractivity contribution in [2.75, 3.05) is 0 Å². The van der Waals surface area contributed by atoms with E-state index in [1.165, 1.54) is 0 Å². The van der Waals surface area contributed by atoms with Gasteiger partial charge in [0.05, 0.1) is 11.5 Å². The number of H-pyrrole nitrogens is 1. The van der Waals surface area contributed by atoms with E-state index in [0.717, 1.165) is 34.9 Å². The second-order valence-electron chi connectivity index (χ2n) is 10.1. The molecule has 3 atom stereocenters. The summed E-state index contributed by atoms with van der Waals surface area (Å²) < 4.78 is 5.61. The van der Waals surface area contributed by atoms with E-state index in [4.69, 9.17) is 4.74 Å². The Labute approximate surface area is 228 Å². The molecule has 1 fully saturated rings. The van der Waals surface area contributed by atoms with Crippen LogP contribution in [0, 0.1) is 5.92 Å². The van der Waals surface area contributed by atoms with Crippen molar-refractivity contribution in [3.63, 3.8) is 0 Å². The first-order valence-electron chi connectivity index (χ1n) is 13.5. The lowest BCUT2D eigenvalue weighted by Crippen LogP contribution is -2.52. The van der Waals surface area contributed by atoms with E-state index in [9.17, 15) is 14.4 Å². The van der Waals surface area contributed by atoms with Crippen molar-refractivity contribution < 1.29 is 19.1 Å². The van der Waals surface area contributed by atoms with Gasteiger partial charge in [-0.3, -0.25) is 9.59 Å². The first-order valence-corrected chi connectivity index (χ1v) is 13.5. The van der Waals surface area contributed by atoms with E-state index in [-0.39, 0.29) is 24.5 Å². The number of para-hydroxylation sites is 1. The normalized spacial score (nSPS) is 17.7. The molecule has 7 nitrogen and oxygen atoms in total. The van der Waals surface area contributed by atoms with Crippen LogP contribution in [0.4, 0.5) is 0 Å². The minimum absolute atomic E-state index is 0.133. The van der Waals surface area contributed by atoms with Crippen LogP contribution in [-0.4, -0.2) is 34.9 Å². The van der Waals surface area contributed by atoms with Gasteiger partial charge in [-0.2, -0.15) is 0 Å². The zero-order valence-corrected chi connectivity index (χ0v) is 21.8. The zero-order valence-electron chi connectivity index (χ0n) is 21.8. The SMILES string of the molecule is O=C(NC1CCCCC1C(=O)NC(Cc1ccccc1)C(=O)OCc1ccccc1)c1c[nH]c2ccccc12. The first-order chi connectivity index (χ1) is 19.1.